The minimum absolute atomic E-state index is 0. The maximum atomic E-state index is 11.5. The molecule has 0 radical (unpaired) electrons. The third kappa shape index (κ3) is 10.8. The zero-order valence-electron chi connectivity index (χ0n) is 15.4. The van der Waals surface area contributed by atoms with Crippen LogP contribution < -0.4 is 10.6 Å². The Morgan fingerprint density at radius 3 is 2.38 bits per heavy atom. The van der Waals surface area contributed by atoms with Crippen LogP contribution in [0.4, 0.5) is 0 Å². The van der Waals surface area contributed by atoms with Gasteiger partial charge in [-0.25, -0.2) is 12.7 Å². The van der Waals surface area contributed by atoms with Crippen molar-refractivity contribution >= 4 is 63.3 Å². The van der Waals surface area contributed by atoms with Crippen LogP contribution in [0.3, 0.4) is 0 Å². The fraction of sp³-hybridized carbons (Fsp3) is 0.562. The molecule has 1 aromatic carbocycles. The second-order valence-corrected chi connectivity index (χ2v) is 8.92. The smallest absolute Gasteiger partial charge is 0.211 e. The van der Waals surface area contributed by atoms with Gasteiger partial charge in [0.25, 0.3) is 0 Å². The van der Waals surface area contributed by atoms with Gasteiger partial charge in [-0.15, -0.1) is 35.7 Å². The van der Waals surface area contributed by atoms with Gasteiger partial charge in [0, 0.05) is 48.9 Å². The van der Waals surface area contributed by atoms with E-state index in [9.17, 15) is 8.42 Å². The molecule has 0 bridgehead atoms. The molecule has 0 saturated heterocycles. The summed E-state index contributed by atoms with van der Waals surface area (Å²) in [5.74, 6) is 1.62. The molecule has 0 aliphatic heterocycles. The minimum Gasteiger partial charge on any atom is -0.356 e. The van der Waals surface area contributed by atoms with Crippen molar-refractivity contribution in [2.45, 2.75) is 18.2 Å². The molecule has 150 valence electrons. The van der Waals surface area contributed by atoms with E-state index in [4.69, 9.17) is 11.6 Å². The number of hydrogen-bond acceptors (Lipinski definition) is 4. The summed E-state index contributed by atoms with van der Waals surface area (Å²) < 4.78 is 24.5. The average Bonchev–Trinajstić information content (AvgIpc) is 2.57. The van der Waals surface area contributed by atoms with Crippen LogP contribution in [0.25, 0.3) is 0 Å². The number of aliphatic imine (C=N–C) groups is 1. The Hall–Kier alpha value is -0.230. The fourth-order valence-electron chi connectivity index (χ4n) is 2.11. The van der Waals surface area contributed by atoms with E-state index >= 15 is 0 Å². The highest BCUT2D eigenvalue weighted by atomic mass is 127. The highest BCUT2D eigenvalue weighted by Crippen LogP contribution is 2.19. The van der Waals surface area contributed by atoms with E-state index < -0.39 is 10.0 Å². The van der Waals surface area contributed by atoms with Crippen molar-refractivity contribution in [2.75, 3.05) is 45.2 Å². The second kappa shape index (κ2) is 13.9. The Morgan fingerprint density at radius 1 is 1.23 bits per heavy atom. The summed E-state index contributed by atoms with van der Waals surface area (Å²) in [7, 11) is -1.40. The molecular weight excluding hydrogens is 507 g/mol. The Morgan fingerprint density at radius 2 is 1.85 bits per heavy atom. The summed E-state index contributed by atoms with van der Waals surface area (Å²) in [6.07, 6.45) is 1.96. The molecule has 2 N–H and O–H groups in total. The lowest BCUT2D eigenvalue weighted by atomic mass is 10.4. The lowest BCUT2D eigenvalue weighted by Crippen LogP contribution is -2.40. The lowest BCUT2D eigenvalue weighted by Gasteiger charge is -2.18. The minimum atomic E-state index is -3.12. The van der Waals surface area contributed by atoms with Gasteiger partial charge >= 0.3 is 0 Å². The summed E-state index contributed by atoms with van der Waals surface area (Å²) in [4.78, 5) is 5.34. The van der Waals surface area contributed by atoms with Crippen molar-refractivity contribution in [3.8, 4) is 0 Å². The van der Waals surface area contributed by atoms with Crippen molar-refractivity contribution in [1.29, 1.82) is 0 Å². The van der Waals surface area contributed by atoms with Crippen molar-refractivity contribution < 1.29 is 8.42 Å². The first-order valence-corrected chi connectivity index (χ1v) is 11.4. The van der Waals surface area contributed by atoms with Crippen molar-refractivity contribution in [2.24, 2.45) is 4.99 Å². The molecular formula is C16H28ClIN4O2S2. The number of nitrogens with zero attached hydrogens (tertiary/aromatic N) is 2. The molecule has 0 aliphatic rings. The molecule has 1 aromatic rings. The van der Waals surface area contributed by atoms with Crippen LogP contribution >= 0.6 is 47.3 Å². The summed E-state index contributed by atoms with van der Waals surface area (Å²) in [5.41, 5.74) is 0. The van der Waals surface area contributed by atoms with Crippen LogP contribution in [0.15, 0.2) is 34.2 Å². The second-order valence-electron chi connectivity index (χ2n) is 5.34. The number of rotatable bonds is 10. The summed E-state index contributed by atoms with van der Waals surface area (Å²) in [6.45, 7) is 4.28. The molecule has 0 aliphatic carbocycles. The highest BCUT2D eigenvalue weighted by Gasteiger charge is 2.13. The van der Waals surface area contributed by atoms with Crippen LogP contribution in [0.2, 0.25) is 5.02 Å². The number of thioether (sulfide) groups is 1. The van der Waals surface area contributed by atoms with Gasteiger partial charge in [0.05, 0.1) is 6.26 Å². The van der Waals surface area contributed by atoms with E-state index in [-0.39, 0.29) is 24.0 Å². The summed E-state index contributed by atoms with van der Waals surface area (Å²) >= 11 is 7.61. The zero-order valence-corrected chi connectivity index (χ0v) is 20.1. The molecule has 0 unspecified atom stereocenters. The molecule has 0 spiro atoms. The van der Waals surface area contributed by atoms with Crippen molar-refractivity contribution in [3.05, 3.63) is 29.3 Å². The first-order valence-electron chi connectivity index (χ1n) is 8.14. The topological polar surface area (TPSA) is 73.8 Å². The van der Waals surface area contributed by atoms with Gasteiger partial charge in [-0.05, 0) is 30.7 Å². The van der Waals surface area contributed by atoms with Gasteiger partial charge < -0.3 is 10.6 Å². The van der Waals surface area contributed by atoms with Crippen LogP contribution in [-0.2, 0) is 10.0 Å². The fourth-order valence-corrected chi connectivity index (χ4v) is 3.93. The SMILES string of the molecule is CCN(CCCNC(=NC)NCCSc1ccc(Cl)cc1)S(C)(=O)=O.I. The Kier molecular flexibility index (Phi) is 13.7. The van der Waals surface area contributed by atoms with Gasteiger partial charge in [-0.1, -0.05) is 18.5 Å². The van der Waals surface area contributed by atoms with Crippen LogP contribution in [0.1, 0.15) is 13.3 Å². The molecule has 0 heterocycles. The standard InChI is InChI=1S/C16H27ClN4O2S2.HI/c1-4-21(25(3,22)23)12-5-10-19-16(18-2)20-11-13-24-15-8-6-14(17)7-9-15;/h6-9H,4-5,10-13H2,1-3H3,(H2,18,19,20);1H. The number of sulfonamides is 1. The van der Waals surface area contributed by atoms with Crippen LogP contribution in [-0.4, -0.2) is 63.9 Å². The molecule has 26 heavy (non-hydrogen) atoms. The summed E-state index contributed by atoms with van der Waals surface area (Å²) in [5, 5.41) is 7.18. The maximum Gasteiger partial charge on any atom is 0.211 e. The largest absolute Gasteiger partial charge is 0.356 e. The highest BCUT2D eigenvalue weighted by molar-refractivity contribution is 14.0. The monoisotopic (exact) mass is 534 g/mol. The van der Waals surface area contributed by atoms with E-state index in [1.807, 2.05) is 31.2 Å². The van der Waals surface area contributed by atoms with Gasteiger partial charge in [0.15, 0.2) is 5.96 Å². The third-order valence-corrected chi connectivity index (χ3v) is 6.04. The normalized spacial score (nSPS) is 12.0. The van der Waals surface area contributed by atoms with E-state index in [0.29, 0.717) is 19.6 Å². The molecule has 6 nitrogen and oxygen atoms in total. The Balaban J connectivity index is 0.00000625. The quantitative estimate of drug-likeness (QED) is 0.159. The van der Waals surface area contributed by atoms with Gasteiger partial charge in [0.1, 0.15) is 0 Å². The lowest BCUT2D eigenvalue weighted by molar-refractivity contribution is 0.424. The molecule has 1 rings (SSSR count). The Labute approximate surface area is 183 Å². The van der Waals surface area contributed by atoms with Crippen molar-refractivity contribution in [1.82, 2.24) is 14.9 Å². The van der Waals surface area contributed by atoms with Crippen LogP contribution in [0.5, 0.6) is 0 Å². The van der Waals surface area contributed by atoms with E-state index in [0.717, 1.165) is 29.7 Å². The van der Waals surface area contributed by atoms with Gasteiger partial charge in [-0.2, -0.15) is 0 Å². The predicted molar refractivity (Wildman–Crippen MR) is 124 cm³/mol. The molecule has 0 amide bonds. The number of benzene rings is 1. The Bertz CT molecular complexity index is 642. The first-order chi connectivity index (χ1) is 11.9. The molecule has 0 saturated carbocycles. The van der Waals surface area contributed by atoms with Crippen LogP contribution in [0, 0.1) is 0 Å². The maximum absolute atomic E-state index is 11.5. The van der Waals surface area contributed by atoms with Gasteiger partial charge in [0.2, 0.25) is 10.0 Å². The number of halogens is 2. The predicted octanol–water partition coefficient (Wildman–Crippen LogP) is 2.89. The van der Waals surface area contributed by atoms with Gasteiger partial charge in [-0.3, -0.25) is 4.99 Å². The molecule has 0 atom stereocenters. The van der Waals surface area contributed by atoms with E-state index in [1.54, 1.807) is 18.8 Å². The number of nitrogens with one attached hydrogen (secondary N) is 2. The van der Waals surface area contributed by atoms with E-state index in [1.165, 1.54) is 15.5 Å². The number of guanidine groups is 1. The van der Waals surface area contributed by atoms with Crippen molar-refractivity contribution in [3.63, 3.8) is 0 Å². The third-order valence-electron chi connectivity index (χ3n) is 3.40. The molecule has 0 fully saturated rings. The average molecular weight is 535 g/mol. The van der Waals surface area contributed by atoms with E-state index in [2.05, 4.69) is 15.6 Å². The zero-order chi connectivity index (χ0) is 18.7. The molecule has 0 aromatic heterocycles. The summed E-state index contributed by atoms with van der Waals surface area (Å²) in [6, 6.07) is 7.77. The first kappa shape index (κ1) is 25.8. The number of hydrogen-bond donors (Lipinski definition) is 2. The molecule has 10 heteroatoms.